The third-order valence-corrected chi connectivity index (χ3v) is 7.13. The molecule has 1 aromatic carbocycles. The molecule has 1 aromatic rings. The molecule has 0 heterocycles. The molecule has 3 rings (SSSR count). The van der Waals surface area contributed by atoms with Crippen molar-refractivity contribution >= 4 is 23.9 Å². The Morgan fingerprint density at radius 1 is 0.794 bits per heavy atom. The first kappa shape index (κ1) is 25.2. The first-order valence-corrected chi connectivity index (χ1v) is 10.6. The van der Waals surface area contributed by atoms with Gasteiger partial charge in [0.05, 0.1) is 45.8 Å². The number of aliphatic hydroxyl groups is 2. The van der Waals surface area contributed by atoms with E-state index in [1.54, 1.807) is 37.3 Å². The second-order valence-electron chi connectivity index (χ2n) is 8.46. The van der Waals surface area contributed by atoms with Gasteiger partial charge < -0.3 is 29.2 Å². The lowest BCUT2D eigenvalue weighted by atomic mass is 9.46. The van der Waals surface area contributed by atoms with E-state index in [0.29, 0.717) is 5.56 Å². The summed E-state index contributed by atoms with van der Waals surface area (Å²) in [6.07, 6.45) is 0. The lowest BCUT2D eigenvalue weighted by Crippen LogP contribution is -2.70. The highest BCUT2D eigenvalue weighted by atomic mass is 16.5. The van der Waals surface area contributed by atoms with Gasteiger partial charge >= 0.3 is 23.9 Å². The lowest BCUT2D eigenvalue weighted by molar-refractivity contribution is -0.214. The summed E-state index contributed by atoms with van der Waals surface area (Å²) in [4.78, 5) is 52.1. The van der Waals surface area contributed by atoms with Gasteiger partial charge in [-0.2, -0.15) is 0 Å². The summed E-state index contributed by atoms with van der Waals surface area (Å²) in [6.45, 7) is 1.68. The van der Waals surface area contributed by atoms with Crippen LogP contribution >= 0.6 is 0 Å². The summed E-state index contributed by atoms with van der Waals surface area (Å²) >= 11 is 0. The summed E-state index contributed by atoms with van der Waals surface area (Å²) in [5, 5.41) is 23.4. The topological polar surface area (TPSA) is 146 Å². The molecule has 2 bridgehead atoms. The number of carbonyl (C=O) groups is 4. The number of rotatable bonds is 5. The predicted molar refractivity (Wildman–Crippen MR) is 115 cm³/mol. The fraction of sp³-hybridized carbons (Fsp3) is 0.500. The van der Waals surface area contributed by atoms with E-state index < -0.39 is 70.7 Å². The number of hydrogen-bond acceptors (Lipinski definition) is 10. The molecule has 7 atom stereocenters. The highest BCUT2D eigenvalue weighted by Gasteiger charge is 2.72. The Morgan fingerprint density at radius 2 is 1.29 bits per heavy atom. The van der Waals surface area contributed by atoms with Gasteiger partial charge in [0.15, 0.2) is 0 Å². The van der Waals surface area contributed by atoms with Crippen LogP contribution in [0.15, 0.2) is 41.7 Å². The van der Waals surface area contributed by atoms with E-state index in [-0.39, 0.29) is 5.57 Å². The predicted octanol–water partition coefficient (Wildman–Crippen LogP) is 1.13. The van der Waals surface area contributed by atoms with Crippen LogP contribution in [-0.4, -0.2) is 68.1 Å². The first-order chi connectivity index (χ1) is 16.1. The zero-order chi connectivity index (χ0) is 25.4. The molecule has 10 heteroatoms. The van der Waals surface area contributed by atoms with Crippen LogP contribution in [0, 0.1) is 29.6 Å². The van der Waals surface area contributed by atoms with Gasteiger partial charge in [0.1, 0.15) is 17.3 Å². The van der Waals surface area contributed by atoms with Crippen molar-refractivity contribution in [2.75, 3.05) is 28.4 Å². The van der Waals surface area contributed by atoms with E-state index in [9.17, 15) is 29.4 Å². The zero-order valence-electron chi connectivity index (χ0n) is 19.5. The summed E-state index contributed by atoms with van der Waals surface area (Å²) < 4.78 is 19.6. The molecule has 1 fully saturated rings. The normalized spacial score (nSPS) is 32.4. The zero-order valence-corrected chi connectivity index (χ0v) is 19.5. The molecule has 1 saturated carbocycles. The number of fused-ring (bicyclic) bond motifs is 2. The van der Waals surface area contributed by atoms with E-state index in [2.05, 4.69) is 0 Å². The Bertz CT molecular complexity index is 1020. The Hall–Kier alpha value is -3.40. The van der Waals surface area contributed by atoms with E-state index in [4.69, 9.17) is 18.9 Å². The maximum absolute atomic E-state index is 13.2. The number of hydrogen-bond donors (Lipinski definition) is 2. The molecule has 2 aliphatic rings. The van der Waals surface area contributed by atoms with Crippen molar-refractivity contribution in [1.29, 1.82) is 0 Å². The molecule has 2 aliphatic carbocycles. The molecular weight excluding hydrogens is 448 g/mol. The summed E-state index contributed by atoms with van der Waals surface area (Å²) in [5.74, 6) is -12.5. The largest absolute Gasteiger partial charge is 0.511 e. The molecule has 34 heavy (non-hydrogen) atoms. The molecule has 2 N–H and O–H groups in total. The van der Waals surface area contributed by atoms with Gasteiger partial charge in [-0.1, -0.05) is 37.3 Å². The lowest BCUT2D eigenvalue weighted by Gasteiger charge is -2.58. The first-order valence-electron chi connectivity index (χ1n) is 10.6. The number of aliphatic hydroxyl groups excluding tert-OH is 1. The molecule has 10 nitrogen and oxygen atoms in total. The smallest absolute Gasteiger partial charge is 0.337 e. The average molecular weight is 476 g/mol. The van der Waals surface area contributed by atoms with E-state index >= 15 is 0 Å². The Labute approximate surface area is 196 Å². The van der Waals surface area contributed by atoms with Crippen LogP contribution in [-0.2, 0) is 38.1 Å². The van der Waals surface area contributed by atoms with Crippen LogP contribution in [0.25, 0.3) is 0 Å². The van der Waals surface area contributed by atoms with Crippen molar-refractivity contribution in [2.45, 2.75) is 18.4 Å². The molecule has 0 aromatic heterocycles. The number of carbonyl (C=O) groups excluding carboxylic acids is 4. The monoisotopic (exact) mass is 476 g/mol. The van der Waals surface area contributed by atoms with Gasteiger partial charge in [-0.15, -0.1) is 0 Å². The molecule has 0 radical (unpaired) electrons. The van der Waals surface area contributed by atoms with Crippen LogP contribution in [0.5, 0.6) is 0 Å². The van der Waals surface area contributed by atoms with Crippen LogP contribution in [0.4, 0.5) is 0 Å². The number of ether oxygens (including phenoxy) is 4. The van der Waals surface area contributed by atoms with Crippen LogP contribution in [0.2, 0.25) is 0 Å². The van der Waals surface area contributed by atoms with Gasteiger partial charge in [0.25, 0.3) is 0 Å². The highest BCUT2D eigenvalue weighted by Crippen LogP contribution is 2.62. The van der Waals surface area contributed by atoms with E-state index in [1.165, 1.54) is 0 Å². The minimum Gasteiger partial charge on any atom is -0.511 e. The average Bonchev–Trinajstić information content (AvgIpc) is 2.84. The Kier molecular flexibility index (Phi) is 7.02. The summed E-state index contributed by atoms with van der Waals surface area (Å²) in [7, 11) is 4.30. The van der Waals surface area contributed by atoms with Crippen molar-refractivity contribution in [1.82, 2.24) is 0 Å². The van der Waals surface area contributed by atoms with Crippen molar-refractivity contribution in [3.8, 4) is 0 Å². The van der Waals surface area contributed by atoms with Crippen LogP contribution < -0.4 is 0 Å². The Morgan fingerprint density at radius 3 is 1.76 bits per heavy atom. The standard InChI is InChI=1S/C24H28O10/c1-11-13(12-9-7-6-8-10-12)16(21(27)32-3)24(30)17(22(28)33-4)14(11)15(20(26)31-2)19(25)18(24)23(29)34-5/h6-11,13-14,16-18,25,30H,1-5H3/t11-,13+,14+,16-,17-,18?,24-/m1/s1. The van der Waals surface area contributed by atoms with Crippen molar-refractivity contribution in [2.24, 2.45) is 29.6 Å². The molecular formula is C24H28O10. The highest BCUT2D eigenvalue weighted by molar-refractivity contribution is 5.96. The molecule has 184 valence electrons. The van der Waals surface area contributed by atoms with Gasteiger partial charge in [-0.3, -0.25) is 14.4 Å². The van der Waals surface area contributed by atoms with Gasteiger partial charge in [-0.05, 0) is 11.5 Å². The van der Waals surface area contributed by atoms with Crippen LogP contribution in [0.3, 0.4) is 0 Å². The molecule has 0 amide bonds. The number of benzene rings is 1. The molecule has 0 spiro atoms. The second kappa shape index (κ2) is 9.46. The van der Waals surface area contributed by atoms with Crippen molar-refractivity contribution < 1.29 is 48.3 Å². The van der Waals surface area contributed by atoms with Gasteiger partial charge in [0.2, 0.25) is 0 Å². The molecule has 0 saturated heterocycles. The van der Waals surface area contributed by atoms with E-state index in [0.717, 1.165) is 28.4 Å². The van der Waals surface area contributed by atoms with Crippen molar-refractivity contribution in [3.05, 3.63) is 47.2 Å². The van der Waals surface area contributed by atoms with Crippen LogP contribution in [0.1, 0.15) is 18.4 Å². The fourth-order valence-corrected chi connectivity index (χ4v) is 5.80. The van der Waals surface area contributed by atoms with E-state index in [1.807, 2.05) is 0 Å². The second-order valence-corrected chi connectivity index (χ2v) is 8.46. The summed E-state index contributed by atoms with van der Waals surface area (Å²) in [5.41, 5.74) is -2.30. The minimum atomic E-state index is -2.55. The SMILES string of the molecule is COC(=O)C1=C(O)C(C(=O)OC)[C@]2(O)[C@@H](C(=O)OC)[C@H]1[C@H](C)[C@@H](c1ccccc1)[C@@H]2C(=O)OC. The minimum absolute atomic E-state index is 0.352. The van der Waals surface area contributed by atoms with Gasteiger partial charge in [0, 0.05) is 11.8 Å². The van der Waals surface area contributed by atoms with Crippen molar-refractivity contribution in [3.63, 3.8) is 0 Å². The number of methoxy groups -OCH3 is 4. The molecule has 1 unspecified atom stereocenters. The summed E-state index contributed by atoms with van der Waals surface area (Å²) in [6, 6.07) is 8.68. The maximum Gasteiger partial charge on any atom is 0.337 e. The Balaban J connectivity index is 2.47. The van der Waals surface area contributed by atoms with Gasteiger partial charge in [-0.25, -0.2) is 4.79 Å². The molecule has 0 aliphatic heterocycles. The third-order valence-electron chi connectivity index (χ3n) is 7.13. The number of esters is 4. The quantitative estimate of drug-likeness (QED) is 0.468. The maximum atomic E-state index is 13.2. The third kappa shape index (κ3) is 3.53. The fourth-order valence-electron chi connectivity index (χ4n) is 5.80.